The second-order valence-corrected chi connectivity index (χ2v) is 4.54. The Kier molecular flexibility index (Phi) is 3.17. The molecule has 1 heterocycles. The Morgan fingerprint density at radius 2 is 2.15 bits per heavy atom. The van der Waals surface area contributed by atoms with Crippen LogP contribution in [0.2, 0.25) is 5.02 Å². The van der Waals surface area contributed by atoms with Gasteiger partial charge in [0.2, 0.25) is 0 Å². The van der Waals surface area contributed by atoms with Gasteiger partial charge in [-0.15, -0.1) is 0 Å². The number of hydrogen-bond donors (Lipinski definition) is 0. The first-order valence-electron chi connectivity index (χ1n) is 7.25. The largest absolute Gasteiger partial charge is 0.496 e. The van der Waals surface area contributed by atoms with E-state index in [0.29, 0.717) is 21.8 Å². The highest BCUT2D eigenvalue weighted by molar-refractivity contribution is 6.31. The van der Waals surface area contributed by atoms with Crippen molar-refractivity contribution in [2.75, 3.05) is 14.1 Å². The molecule has 0 fully saturated rings. The highest BCUT2D eigenvalue weighted by atomic mass is 35.5. The number of esters is 1. The predicted molar refractivity (Wildman–Crippen MR) is 77.3 cm³/mol. The van der Waals surface area contributed by atoms with Crippen molar-refractivity contribution >= 4 is 17.6 Å². The minimum absolute atomic E-state index is 0.0881. The van der Waals surface area contributed by atoms with Crippen molar-refractivity contribution in [3.05, 3.63) is 46.7 Å². The van der Waals surface area contributed by atoms with Gasteiger partial charge in [-0.2, -0.15) is 0 Å². The zero-order chi connectivity index (χ0) is 17.2. The topological polar surface area (TPSA) is 48.4 Å². The molecule has 1 aromatic carbocycles. The van der Waals surface area contributed by atoms with Gasteiger partial charge in [-0.05, 0) is 31.2 Å². The molecule has 2 rings (SSSR count). The molecule has 0 spiro atoms. The van der Waals surface area contributed by atoms with E-state index in [-0.39, 0.29) is 11.3 Å². The van der Waals surface area contributed by atoms with E-state index >= 15 is 0 Å². The molecule has 0 aliphatic carbocycles. The van der Waals surface area contributed by atoms with Gasteiger partial charge in [-0.25, -0.2) is 4.79 Å². The SMILES string of the molecule is [2H]C([2H])([2H])Oc1ccc(Cl)cc1-c1cc(C)ncc1C(=O)OC. The number of hydrogen-bond acceptors (Lipinski definition) is 4. The number of methoxy groups -OCH3 is 2. The summed E-state index contributed by atoms with van der Waals surface area (Å²) in [4.78, 5) is 16.0. The van der Waals surface area contributed by atoms with Crippen molar-refractivity contribution in [1.29, 1.82) is 0 Å². The van der Waals surface area contributed by atoms with Crippen LogP contribution >= 0.6 is 11.6 Å². The Hall–Kier alpha value is -2.07. The van der Waals surface area contributed by atoms with Gasteiger partial charge in [0.05, 0.1) is 23.8 Å². The van der Waals surface area contributed by atoms with Crippen LogP contribution < -0.4 is 4.74 Å². The summed E-state index contributed by atoms with van der Waals surface area (Å²) >= 11 is 6.02. The van der Waals surface area contributed by atoms with Crippen LogP contribution in [0.25, 0.3) is 11.1 Å². The Morgan fingerprint density at radius 1 is 1.35 bits per heavy atom. The monoisotopic (exact) mass is 294 g/mol. The van der Waals surface area contributed by atoms with E-state index in [1.165, 1.54) is 31.5 Å². The maximum Gasteiger partial charge on any atom is 0.340 e. The van der Waals surface area contributed by atoms with Gasteiger partial charge in [0, 0.05) is 28.0 Å². The standard InChI is InChI=1S/C15H14ClNO3/c1-9-6-11(13(8-17-9)15(18)20-3)12-7-10(16)4-5-14(12)19-2/h4-8H,1-3H3/i2D3. The number of aryl methyl sites for hydroxylation is 1. The molecule has 1 aromatic heterocycles. The van der Waals surface area contributed by atoms with Crippen LogP contribution in [0.4, 0.5) is 0 Å². The fourth-order valence-corrected chi connectivity index (χ4v) is 2.03. The first-order chi connectivity index (χ1) is 10.7. The van der Waals surface area contributed by atoms with E-state index < -0.39 is 13.0 Å². The lowest BCUT2D eigenvalue weighted by molar-refractivity contribution is 0.0601. The van der Waals surface area contributed by atoms with E-state index in [2.05, 4.69) is 4.98 Å². The second kappa shape index (κ2) is 5.92. The molecule has 0 unspecified atom stereocenters. The summed E-state index contributed by atoms with van der Waals surface area (Å²) in [6.07, 6.45) is 1.37. The van der Waals surface area contributed by atoms with E-state index in [1.54, 1.807) is 13.0 Å². The zero-order valence-electron chi connectivity index (χ0n) is 13.9. The average molecular weight is 295 g/mol. The minimum atomic E-state index is -2.63. The summed E-state index contributed by atoms with van der Waals surface area (Å²) in [6, 6.07) is 6.13. The Morgan fingerprint density at radius 3 is 2.85 bits per heavy atom. The van der Waals surface area contributed by atoms with Crippen LogP contribution in [-0.2, 0) is 4.74 Å². The van der Waals surface area contributed by atoms with Crippen LogP contribution in [0.5, 0.6) is 5.75 Å². The van der Waals surface area contributed by atoms with Crippen LogP contribution in [0.1, 0.15) is 20.2 Å². The van der Waals surface area contributed by atoms with Crippen LogP contribution in [0.15, 0.2) is 30.5 Å². The number of carbonyl (C=O) groups excluding carboxylic acids is 1. The van der Waals surface area contributed by atoms with Gasteiger partial charge >= 0.3 is 5.97 Å². The maximum atomic E-state index is 12.0. The van der Waals surface area contributed by atoms with E-state index in [0.717, 1.165) is 0 Å². The van der Waals surface area contributed by atoms with Gasteiger partial charge in [0.25, 0.3) is 0 Å². The molecular weight excluding hydrogens is 278 g/mol. The number of nitrogens with zero attached hydrogens (tertiary/aromatic N) is 1. The second-order valence-electron chi connectivity index (χ2n) is 4.11. The number of carbonyl (C=O) groups is 1. The Balaban J connectivity index is 2.68. The summed E-state index contributed by atoms with van der Waals surface area (Å²) in [7, 11) is -1.38. The predicted octanol–water partition coefficient (Wildman–Crippen LogP) is 3.51. The highest BCUT2D eigenvalue weighted by Gasteiger charge is 2.17. The van der Waals surface area contributed by atoms with Crippen molar-refractivity contribution < 1.29 is 18.4 Å². The number of aromatic nitrogens is 1. The lowest BCUT2D eigenvalue weighted by Gasteiger charge is -2.13. The van der Waals surface area contributed by atoms with Gasteiger partial charge in [0.1, 0.15) is 5.75 Å². The molecule has 0 amide bonds. The van der Waals surface area contributed by atoms with Crippen LogP contribution in [-0.4, -0.2) is 25.1 Å². The molecule has 0 saturated heterocycles. The zero-order valence-corrected chi connectivity index (χ0v) is 11.7. The van der Waals surface area contributed by atoms with Crippen LogP contribution in [0, 0.1) is 6.92 Å². The molecule has 20 heavy (non-hydrogen) atoms. The van der Waals surface area contributed by atoms with Gasteiger partial charge in [-0.3, -0.25) is 4.98 Å². The van der Waals surface area contributed by atoms with Gasteiger partial charge < -0.3 is 9.47 Å². The number of halogens is 1. The summed E-state index contributed by atoms with van der Waals surface area (Å²) < 4.78 is 31.6. The first kappa shape index (κ1) is 10.7. The fraction of sp³-hybridized carbons (Fsp3) is 0.200. The highest BCUT2D eigenvalue weighted by Crippen LogP contribution is 2.34. The molecule has 4 nitrogen and oxygen atoms in total. The number of pyridine rings is 1. The molecule has 0 saturated carbocycles. The summed E-state index contributed by atoms with van der Waals surface area (Å²) in [5.74, 6) is -0.502. The van der Waals surface area contributed by atoms with E-state index in [1.807, 2.05) is 0 Å². The molecule has 0 aliphatic heterocycles. The van der Waals surface area contributed by atoms with Crippen molar-refractivity contribution in [2.24, 2.45) is 0 Å². The minimum Gasteiger partial charge on any atom is -0.496 e. The third-order valence-electron chi connectivity index (χ3n) is 2.79. The van der Waals surface area contributed by atoms with Gasteiger partial charge in [0.15, 0.2) is 0 Å². The fourth-order valence-electron chi connectivity index (χ4n) is 1.86. The lowest BCUT2D eigenvalue weighted by Crippen LogP contribution is -2.05. The van der Waals surface area contributed by atoms with Gasteiger partial charge in [-0.1, -0.05) is 11.6 Å². The molecular formula is C15H14ClNO3. The average Bonchev–Trinajstić information content (AvgIpc) is 2.47. The molecule has 0 aliphatic rings. The van der Waals surface area contributed by atoms with Crippen molar-refractivity contribution in [3.8, 4) is 16.9 Å². The van der Waals surface area contributed by atoms with Crippen molar-refractivity contribution in [2.45, 2.75) is 6.92 Å². The molecule has 0 atom stereocenters. The smallest absolute Gasteiger partial charge is 0.340 e. The molecule has 0 bridgehead atoms. The molecule has 104 valence electrons. The lowest BCUT2D eigenvalue weighted by atomic mass is 10.00. The molecule has 0 N–H and O–H groups in total. The molecule has 5 heteroatoms. The molecule has 2 aromatic rings. The first-order valence-corrected chi connectivity index (χ1v) is 6.13. The van der Waals surface area contributed by atoms with Crippen LogP contribution in [0.3, 0.4) is 0 Å². The quantitative estimate of drug-likeness (QED) is 0.813. The normalized spacial score (nSPS) is 13.1. The number of ether oxygens (including phenoxy) is 2. The van der Waals surface area contributed by atoms with E-state index in [9.17, 15) is 4.79 Å². The Labute approximate surface area is 126 Å². The summed E-state index contributed by atoms with van der Waals surface area (Å²) in [6.45, 7) is 1.75. The number of rotatable bonds is 3. The van der Waals surface area contributed by atoms with Crippen molar-refractivity contribution in [1.82, 2.24) is 4.98 Å². The third-order valence-corrected chi connectivity index (χ3v) is 3.02. The summed E-state index contributed by atoms with van der Waals surface area (Å²) in [5, 5.41) is 0.378. The van der Waals surface area contributed by atoms with Crippen molar-refractivity contribution in [3.63, 3.8) is 0 Å². The maximum absolute atomic E-state index is 12.0. The Bertz CT molecular complexity index is 747. The molecule has 0 radical (unpaired) electrons. The third kappa shape index (κ3) is 2.75. The summed E-state index contributed by atoms with van der Waals surface area (Å²) in [5.41, 5.74) is 1.65. The number of benzene rings is 1. The van der Waals surface area contributed by atoms with E-state index in [4.69, 9.17) is 25.2 Å².